The SMILES string of the molecule is CO/N=C(\COc1ccc(COc2ccc(-c3c(C(=O)OC)noc3C)cc2)cc1)c1ccccc1. The highest BCUT2D eigenvalue weighted by atomic mass is 16.6. The maximum absolute atomic E-state index is 12.0. The van der Waals surface area contributed by atoms with Crippen LogP contribution >= 0.6 is 0 Å². The lowest BCUT2D eigenvalue weighted by Crippen LogP contribution is -2.13. The quantitative estimate of drug-likeness (QED) is 0.167. The second-order valence-corrected chi connectivity index (χ2v) is 7.79. The molecule has 0 aliphatic rings. The highest BCUT2D eigenvalue weighted by Crippen LogP contribution is 2.29. The number of carbonyl (C=O) groups excluding carboxylic acids is 1. The molecular formula is C28H26N2O6. The van der Waals surface area contributed by atoms with Gasteiger partial charge in [-0.05, 0) is 42.3 Å². The monoisotopic (exact) mass is 486 g/mol. The van der Waals surface area contributed by atoms with E-state index in [1.165, 1.54) is 14.2 Å². The summed E-state index contributed by atoms with van der Waals surface area (Å²) in [6.07, 6.45) is 0. The van der Waals surface area contributed by atoms with Crippen LogP contribution in [-0.2, 0) is 16.2 Å². The summed E-state index contributed by atoms with van der Waals surface area (Å²) >= 11 is 0. The van der Waals surface area contributed by atoms with Gasteiger partial charge in [-0.2, -0.15) is 0 Å². The molecular weight excluding hydrogens is 460 g/mol. The van der Waals surface area contributed by atoms with Gasteiger partial charge in [0.05, 0.1) is 12.7 Å². The number of benzene rings is 3. The van der Waals surface area contributed by atoms with E-state index < -0.39 is 5.97 Å². The Morgan fingerprint density at radius 2 is 1.56 bits per heavy atom. The van der Waals surface area contributed by atoms with E-state index in [0.29, 0.717) is 35.1 Å². The van der Waals surface area contributed by atoms with Crippen molar-refractivity contribution in [3.05, 3.63) is 101 Å². The summed E-state index contributed by atoms with van der Waals surface area (Å²) in [6, 6.07) is 24.8. The predicted molar refractivity (Wildman–Crippen MR) is 134 cm³/mol. The molecule has 3 aromatic carbocycles. The molecule has 0 bridgehead atoms. The van der Waals surface area contributed by atoms with Crippen molar-refractivity contribution in [1.29, 1.82) is 0 Å². The first-order valence-corrected chi connectivity index (χ1v) is 11.2. The lowest BCUT2D eigenvalue weighted by Gasteiger charge is -2.10. The third-order valence-electron chi connectivity index (χ3n) is 5.40. The molecule has 0 N–H and O–H groups in total. The van der Waals surface area contributed by atoms with Crippen molar-refractivity contribution in [1.82, 2.24) is 5.16 Å². The van der Waals surface area contributed by atoms with Gasteiger partial charge < -0.3 is 23.6 Å². The first kappa shape index (κ1) is 24.5. The van der Waals surface area contributed by atoms with Gasteiger partial charge in [-0.3, -0.25) is 0 Å². The van der Waals surface area contributed by atoms with E-state index in [4.69, 9.17) is 23.6 Å². The normalized spacial score (nSPS) is 11.1. The van der Waals surface area contributed by atoms with Crippen LogP contribution in [0.25, 0.3) is 11.1 Å². The van der Waals surface area contributed by atoms with Crippen LogP contribution in [0, 0.1) is 6.92 Å². The molecule has 4 aromatic rings. The second kappa shape index (κ2) is 11.7. The molecule has 0 atom stereocenters. The summed E-state index contributed by atoms with van der Waals surface area (Å²) in [7, 11) is 2.82. The van der Waals surface area contributed by atoms with E-state index in [0.717, 1.165) is 16.7 Å². The summed E-state index contributed by atoms with van der Waals surface area (Å²) in [4.78, 5) is 16.9. The molecule has 0 aliphatic heterocycles. The van der Waals surface area contributed by atoms with Gasteiger partial charge in [0.15, 0.2) is 5.69 Å². The summed E-state index contributed by atoms with van der Waals surface area (Å²) in [5, 5.41) is 7.89. The number of nitrogens with zero attached hydrogens (tertiary/aromatic N) is 2. The number of ether oxygens (including phenoxy) is 3. The molecule has 0 radical (unpaired) electrons. The number of rotatable bonds is 10. The van der Waals surface area contributed by atoms with Crippen molar-refractivity contribution in [2.75, 3.05) is 20.8 Å². The maximum Gasteiger partial charge on any atom is 0.360 e. The maximum atomic E-state index is 12.0. The summed E-state index contributed by atoms with van der Waals surface area (Å²) in [5.41, 5.74) is 4.17. The standard InChI is InChI=1S/C28H26N2O6/c1-19-26(27(30-36-19)28(31)32-2)22-11-15-24(16-12-22)34-17-20-9-13-23(14-10-20)35-18-25(29-33-3)21-7-5-4-6-8-21/h4-16H,17-18H2,1-3H3/b29-25+. The number of aryl methyl sites for hydroxylation is 1. The van der Waals surface area contributed by atoms with Crippen molar-refractivity contribution in [3.63, 3.8) is 0 Å². The van der Waals surface area contributed by atoms with E-state index in [9.17, 15) is 4.79 Å². The van der Waals surface area contributed by atoms with Gasteiger partial charge in [-0.1, -0.05) is 64.9 Å². The van der Waals surface area contributed by atoms with Crippen molar-refractivity contribution in [2.24, 2.45) is 5.16 Å². The number of carbonyl (C=O) groups is 1. The average Bonchev–Trinajstić information content (AvgIpc) is 3.32. The summed E-state index contributed by atoms with van der Waals surface area (Å²) < 4.78 is 21.8. The fraction of sp³-hybridized carbons (Fsp3) is 0.179. The minimum atomic E-state index is -0.545. The van der Waals surface area contributed by atoms with Gasteiger partial charge in [0, 0.05) is 5.56 Å². The van der Waals surface area contributed by atoms with E-state index >= 15 is 0 Å². The number of oxime groups is 1. The molecule has 0 fully saturated rings. The minimum Gasteiger partial charge on any atom is -0.489 e. The average molecular weight is 487 g/mol. The fourth-order valence-corrected chi connectivity index (χ4v) is 3.57. The third-order valence-corrected chi connectivity index (χ3v) is 5.40. The van der Waals surface area contributed by atoms with E-state index in [1.807, 2.05) is 78.9 Å². The van der Waals surface area contributed by atoms with Crippen LogP contribution in [0.15, 0.2) is 88.5 Å². The Labute approximate surface area is 209 Å². The van der Waals surface area contributed by atoms with Gasteiger partial charge in [-0.25, -0.2) is 4.79 Å². The van der Waals surface area contributed by atoms with Crippen LogP contribution in [0.2, 0.25) is 0 Å². The van der Waals surface area contributed by atoms with Crippen LogP contribution < -0.4 is 9.47 Å². The van der Waals surface area contributed by atoms with E-state index in [2.05, 4.69) is 10.3 Å². The molecule has 1 heterocycles. The molecule has 0 spiro atoms. The van der Waals surface area contributed by atoms with Crippen LogP contribution in [0.3, 0.4) is 0 Å². The van der Waals surface area contributed by atoms with Crippen molar-refractivity contribution >= 4 is 11.7 Å². The largest absolute Gasteiger partial charge is 0.489 e. The van der Waals surface area contributed by atoms with Crippen molar-refractivity contribution < 1.29 is 28.4 Å². The molecule has 0 saturated carbocycles. The molecule has 0 aliphatic carbocycles. The number of methoxy groups -OCH3 is 1. The molecule has 1 aromatic heterocycles. The van der Waals surface area contributed by atoms with E-state index in [1.54, 1.807) is 6.92 Å². The first-order valence-electron chi connectivity index (χ1n) is 11.2. The minimum absolute atomic E-state index is 0.148. The van der Waals surface area contributed by atoms with Crippen LogP contribution in [-0.4, -0.2) is 37.7 Å². The molecule has 0 saturated heterocycles. The first-order chi connectivity index (χ1) is 17.6. The lowest BCUT2D eigenvalue weighted by molar-refractivity contribution is 0.0590. The molecule has 4 rings (SSSR count). The molecule has 0 unspecified atom stereocenters. The zero-order chi connectivity index (χ0) is 25.3. The Bertz CT molecular complexity index is 1310. The summed E-state index contributed by atoms with van der Waals surface area (Å²) in [5.74, 6) is 1.40. The molecule has 36 heavy (non-hydrogen) atoms. The highest BCUT2D eigenvalue weighted by molar-refractivity contribution is 6.01. The van der Waals surface area contributed by atoms with Gasteiger partial charge >= 0.3 is 5.97 Å². The van der Waals surface area contributed by atoms with Gasteiger partial charge in [0.2, 0.25) is 0 Å². The predicted octanol–water partition coefficient (Wildman–Crippen LogP) is 5.45. The molecule has 8 heteroatoms. The number of aromatic nitrogens is 1. The van der Waals surface area contributed by atoms with Gasteiger partial charge in [0.1, 0.15) is 43.3 Å². The van der Waals surface area contributed by atoms with Gasteiger partial charge in [-0.15, -0.1) is 0 Å². The molecule has 184 valence electrons. The van der Waals surface area contributed by atoms with Crippen molar-refractivity contribution in [3.8, 4) is 22.6 Å². The topological polar surface area (TPSA) is 92.4 Å². The second-order valence-electron chi connectivity index (χ2n) is 7.79. The highest BCUT2D eigenvalue weighted by Gasteiger charge is 2.21. The lowest BCUT2D eigenvalue weighted by atomic mass is 10.0. The Balaban J connectivity index is 1.34. The Kier molecular flexibility index (Phi) is 7.97. The van der Waals surface area contributed by atoms with Crippen LogP contribution in [0.1, 0.15) is 27.4 Å². The Morgan fingerprint density at radius 3 is 2.22 bits per heavy atom. The third kappa shape index (κ3) is 5.90. The zero-order valence-corrected chi connectivity index (χ0v) is 20.3. The number of hydrogen-bond donors (Lipinski definition) is 0. The Hall–Kier alpha value is -4.59. The fourth-order valence-electron chi connectivity index (χ4n) is 3.57. The number of esters is 1. The van der Waals surface area contributed by atoms with Crippen LogP contribution in [0.4, 0.5) is 0 Å². The summed E-state index contributed by atoms with van der Waals surface area (Å²) in [6.45, 7) is 2.42. The van der Waals surface area contributed by atoms with Crippen LogP contribution in [0.5, 0.6) is 11.5 Å². The zero-order valence-electron chi connectivity index (χ0n) is 20.3. The molecule has 8 nitrogen and oxygen atoms in total. The molecule has 0 amide bonds. The van der Waals surface area contributed by atoms with Gasteiger partial charge in [0.25, 0.3) is 0 Å². The van der Waals surface area contributed by atoms with Crippen molar-refractivity contribution in [2.45, 2.75) is 13.5 Å². The Morgan fingerprint density at radius 1 is 0.889 bits per heavy atom. The smallest absolute Gasteiger partial charge is 0.360 e. The van der Waals surface area contributed by atoms with E-state index in [-0.39, 0.29) is 12.3 Å². The number of hydrogen-bond acceptors (Lipinski definition) is 8.